The van der Waals surface area contributed by atoms with Crippen molar-refractivity contribution in [3.8, 4) is 17.2 Å². The van der Waals surface area contributed by atoms with E-state index >= 15 is 0 Å². The Kier molecular flexibility index (Phi) is 11.8. The first-order valence-electron chi connectivity index (χ1n) is 13.8. The third-order valence-electron chi connectivity index (χ3n) is 7.07. The number of nitrogens with one attached hydrogen (secondary N) is 1. The fraction of sp³-hybridized carbons (Fsp3) is 0.355. The predicted octanol–water partition coefficient (Wildman–Crippen LogP) is 5.03. The number of hydrogen-bond acceptors (Lipinski definition) is 7. The first kappa shape index (κ1) is 34.5. The van der Waals surface area contributed by atoms with Crippen molar-refractivity contribution < 1.29 is 36.6 Å². The topological polar surface area (TPSA) is 114 Å². The third kappa shape index (κ3) is 8.11. The van der Waals surface area contributed by atoms with E-state index in [0.717, 1.165) is 4.31 Å². The molecule has 0 heterocycles. The van der Waals surface area contributed by atoms with Crippen LogP contribution in [0, 0.1) is 5.82 Å². The van der Waals surface area contributed by atoms with Crippen molar-refractivity contribution in [2.24, 2.45) is 0 Å². The summed E-state index contributed by atoms with van der Waals surface area (Å²) in [5.41, 5.74) is 0.541. The SMILES string of the molecule is CC[C@H](C)NC(=O)[C@H](C)N(Cc1ccc(F)cc1)C(=O)CN(c1cc(Cl)ccc1OC)S(=O)(=O)c1ccc(OC)c(OC)c1. The maximum atomic E-state index is 14.3. The maximum absolute atomic E-state index is 14.3. The van der Waals surface area contributed by atoms with Gasteiger partial charge in [0.2, 0.25) is 11.8 Å². The first-order valence-corrected chi connectivity index (χ1v) is 15.6. The maximum Gasteiger partial charge on any atom is 0.265 e. The minimum atomic E-state index is -4.48. The first-order chi connectivity index (χ1) is 20.9. The highest BCUT2D eigenvalue weighted by Gasteiger charge is 2.34. The summed E-state index contributed by atoms with van der Waals surface area (Å²) in [4.78, 5) is 28.4. The van der Waals surface area contributed by atoms with Gasteiger partial charge in [0.15, 0.2) is 11.5 Å². The fourth-order valence-corrected chi connectivity index (χ4v) is 5.91. The molecule has 3 rings (SSSR count). The summed E-state index contributed by atoms with van der Waals surface area (Å²) in [6.07, 6.45) is 0.663. The average Bonchev–Trinajstić information content (AvgIpc) is 3.02. The van der Waals surface area contributed by atoms with Gasteiger partial charge in [0.05, 0.1) is 31.9 Å². The molecule has 3 aromatic rings. The molecule has 0 bridgehead atoms. The van der Waals surface area contributed by atoms with Gasteiger partial charge in [-0.25, -0.2) is 12.8 Å². The second kappa shape index (κ2) is 15.1. The normalized spacial score (nSPS) is 12.5. The lowest BCUT2D eigenvalue weighted by molar-refractivity contribution is -0.139. The minimum absolute atomic E-state index is 0.00146. The van der Waals surface area contributed by atoms with Crippen LogP contribution in [0.15, 0.2) is 65.6 Å². The van der Waals surface area contributed by atoms with Crippen molar-refractivity contribution in [3.63, 3.8) is 0 Å². The Morgan fingerprint density at radius 3 is 2.11 bits per heavy atom. The lowest BCUT2D eigenvalue weighted by Crippen LogP contribution is -2.52. The van der Waals surface area contributed by atoms with Gasteiger partial charge in [-0.1, -0.05) is 30.7 Å². The third-order valence-corrected chi connectivity index (χ3v) is 9.06. The summed E-state index contributed by atoms with van der Waals surface area (Å²) < 4.78 is 59.1. The zero-order chi connectivity index (χ0) is 32.6. The van der Waals surface area contributed by atoms with E-state index in [9.17, 15) is 22.4 Å². The summed E-state index contributed by atoms with van der Waals surface area (Å²) >= 11 is 6.28. The van der Waals surface area contributed by atoms with E-state index in [1.165, 1.54) is 86.9 Å². The molecule has 0 spiro atoms. The Morgan fingerprint density at radius 2 is 1.52 bits per heavy atom. The van der Waals surface area contributed by atoms with Crippen LogP contribution in [0.3, 0.4) is 0 Å². The number of carbonyl (C=O) groups is 2. The van der Waals surface area contributed by atoms with Gasteiger partial charge in [-0.15, -0.1) is 0 Å². The van der Waals surface area contributed by atoms with Crippen LogP contribution >= 0.6 is 11.6 Å². The summed E-state index contributed by atoms with van der Waals surface area (Å²) in [5.74, 6) is -0.989. The average molecular weight is 650 g/mol. The molecule has 2 amide bonds. The second-order valence-corrected chi connectivity index (χ2v) is 12.3. The summed E-state index contributed by atoms with van der Waals surface area (Å²) in [6.45, 7) is 4.47. The number of methoxy groups -OCH3 is 3. The zero-order valence-corrected chi connectivity index (χ0v) is 27.0. The largest absolute Gasteiger partial charge is 0.495 e. The van der Waals surface area contributed by atoms with E-state index in [1.54, 1.807) is 6.92 Å². The van der Waals surface area contributed by atoms with Crippen LogP contribution in [0.4, 0.5) is 10.1 Å². The van der Waals surface area contributed by atoms with E-state index < -0.39 is 40.2 Å². The Balaban J connectivity index is 2.14. The molecular weight excluding hydrogens is 613 g/mol. The Bertz CT molecular complexity index is 1570. The Labute approximate surface area is 262 Å². The second-order valence-electron chi connectivity index (χ2n) is 9.99. The number of anilines is 1. The van der Waals surface area contributed by atoms with Crippen molar-refractivity contribution in [2.45, 2.75) is 50.7 Å². The molecule has 44 heavy (non-hydrogen) atoms. The minimum Gasteiger partial charge on any atom is -0.495 e. The number of carbonyl (C=O) groups excluding carboxylic acids is 2. The summed E-state index contributed by atoms with van der Waals surface area (Å²) in [6, 6.07) is 12.7. The molecule has 0 radical (unpaired) electrons. The van der Waals surface area contributed by atoms with Gasteiger partial charge in [0.1, 0.15) is 24.2 Å². The van der Waals surface area contributed by atoms with Gasteiger partial charge in [0, 0.05) is 23.7 Å². The van der Waals surface area contributed by atoms with Crippen LogP contribution in [0.1, 0.15) is 32.8 Å². The van der Waals surface area contributed by atoms with Gasteiger partial charge >= 0.3 is 0 Å². The lowest BCUT2D eigenvalue weighted by Gasteiger charge is -2.33. The molecule has 13 heteroatoms. The molecule has 0 aromatic heterocycles. The van der Waals surface area contributed by atoms with Gasteiger partial charge in [-0.3, -0.25) is 13.9 Å². The molecule has 0 saturated carbocycles. The van der Waals surface area contributed by atoms with Crippen molar-refractivity contribution in [3.05, 3.63) is 77.1 Å². The quantitative estimate of drug-likeness (QED) is 0.261. The fourth-order valence-electron chi connectivity index (χ4n) is 4.31. The van der Waals surface area contributed by atoms with Crippen LogP contribution < -0.4 is 23.8 Å². The molecular formula is C31H37ClFN3O7S. The van der Waals surface area contributed by atoms with Crippen LogP contribution in [-0.4, -0.2) is 65.1 Å². The molecule has 0 fully saturated rings. The van der Waals surface area contributed by atoms with E-state index in [1.807, 2.05) is 13.8 Å². The molecule has 0 aliphatic rings. The van der Waals surface area contributed by atoms with Gasteiger partial charge in [-0.05, 0) is 68.3 Å². The van der Waals surface area contributed by atoms with E-state index in [4.69, 9.17) is 25.8 Å². The summed E-state index contributed by atoms with van der Waals surface area (Å²) in [5, 5.41) is 3.06. The molecule has 0 aliphatic carbocycles. The van der Waals surface area contributed by atoms with Crippen molar-refractivity contribution in [2.75, 3.05) is 32.2 Å². The number of hydrogen-bond donors (Lipinski definition) is 1. The number of sulfonamides is 1. The molecule has 0 aliphatic heterocycles. The molecule has 10 nitrogen and oxygen atoms in total. The Hall–Kier alpha value is -4.03. The predicted molar refractivity (Wildman–Crippen MR) is 166 cm³/mol. The van der Waals surface area contributed by atoms with Crippen LogP contribution in [0.25, 0.3) is 0 Å². The van der Waals surface area contributed by atoms with Gasteiger partial charge in [0.25, 0.3) is 10.0 Å². The van der Waals surface area contributed by atoms with Crippen LogP contribution in [0.2, 0.25) is 5.02 Å². The van der Waals surface area contributed by atoms with E-state index in [-0.39, 0.29) is 39.7 Å². The lowest BCUT2D eigenvalue weighted by atomic mass is 10.1. The van der Waals surface area contributed by atoms with Crippen LogP contribution in [-0.2, 0) is 26.2 Å². The number of amides is 2. The van der Waals surface area contributed by atoms with Crippen molar-refractivity contribution >= 4 is 39.1 Å². The highest BCUT2D eigenvalue weighted by atomic mass is 35.5. The monoisotopic (exact) mass is 649 g/mol. The molecule has 0 unspecified atom stereocenters. The molecule has 3 aromatic carbocycles. The molecule has 238 valence electrons. The van der Waals surface area contributed by atoms with Crippen LogP contribution in [0.5, 0.6) is 17.2 Å². The number of rotatable bonds is 14. The number of nitrogens with zero attached hydrogens (tertiary/aromatic N) is 2. The highest BCUT2D eigenvalue weighted by Crippen LogP contribution is 2.37. The molecule has 0 saturated heterocycles. The van der Waals surface area contributed by atoms with E-state index in [0.29, 0.717) is 17.7 Å². The standard InChI is InChI=1S/C31H37ClFN3O7S/c1-7-20(2)34-31(38)21(3)35(18-22-8-11-24(33)12-9-22)30(37)19-36(26-16-23(32)10-14-27(26)41-4)44(39,40)25-13-15-28(42-5)29(17-25)43-6/h8-17,20-21H,7,18-19H2,1-6H3,(H,34,38)/t20-,21-/m0/s1. The Morgan fingerprint density at radius 1 is 0.909 bits per heavy atom. The molecule has 1 N–H and O–H groups in total. The number of benzene rings is 3. The highest BCUT2D eigenvalue weighted by molar-refractivity contribution is 7.92. The van der Waals surface area contributed by atoms with Gasteiger partial charge in [-0.2, -0.15) is 0 Å². The zero-order valence-electron chi connectivity index (χ0n) is 25.5. The van der Waals surface area contributed by atoms with Crippen molar-refractivity contribution in [1.82, 2.24) is 10.2 Å². The van der Waals surface area contributed by atoms with Crippen molar-refractivity contribution in [1.29, 1.82) is 0 Å². The smallest absolute Gasteiger partial charge is 0.265 e. The number of halogens is 2. The number of ether oxygens (including phenoxy) is 3. The summed E-state index contributed by atoms with van der Waals surface area (Å²) in [7, 11) is -0.328. The van der Waals surface area contributed by atoms with Gasteiger partial charge < -0.3 is 24.4 Å². The van der Waals surface area contributed by atoms with E-state index in [2.05, 4.69) is 5.32 Å². The molecule has 2 atom stereocenters.